The monoisotopic (exact) mass is 319 g/mol. The lowest BCUT2D eigenvalue weighted by atomic mass is 10.1. The summed E-state index contributed by atoms with van der Waals surface area (Å²) in [7, 11) is 0. The zero-order valence-corrected chi connectivity index (χ0v) is 13.2. The van der Waals surface area contributed by atoms with Gasteiger partial charge in [0.05, 0.1) is 22.4 Å². The molecule has 3 rings (SSSR count). The molecule has 2 aromatic carbocycles. The van der Waals surface area contributed by atoms with E-state index in [1.807, 2.05) is 38.1 Å². The summed E-state index contributed by atoms with van der Waals surface area (Å²) in [5.41, 5.74) is 5.24. The van der Waals surface area contributed by atoms with E-state index in [0.717, 1.165) is 33.4 Å². The van der Waals surface area contributed by atoms with Crippen molar-refractivity contribution in [1.82, 2.24) is 8.75 Å². The Hall–Kier alpha value is -1.85. The fourth-order valence-electron chi connectivity index (χ4n) is 2.33. The summed E-state index contributed by atoms with van der Waals surface area (Å²) in [6.07, 6.45) is 0. The zero-order valence-electron chi connectivity index (χ0n) is 11.6. The summed E-state index contributed by atoms with van der Waals surface area (Å²) >= 11 is 7.42. The molecule has 0 aliphatic heterocycles. The Morgan fingerprint density at radius 1 is 1.19 bits per heavy atom. The van der Waals surface area contributed by atoms with Gasteiger partial charge in [0.2, 0.25) is 0 Å². The van der Waals surface area contributed by atoms with Gasteiger partial charge in [-0.2, -0.15) is 8.75 Å². The van der Waals surface area contributed by atoms with Crippen LogP contribution in [-0.2, 0) is 6.54 Å². The molecule has 0 aliphatic rings. The Balaban J connectivity index is 1.90. The number of halogens is 1. The lowest BCUT2D eigenvalue weighted by Gasteiger charge is -2.11. The lowest BCUT2D eigenvalue weighted by Crippen LogP contribution is -2.01. The molecule has 2 N–H and O–H groups in total. The first kappa shape index (κ1) is 14.1. The van der Waals surface area contributed by atoms with Crippen molar-refractivity contribution in [3.05, 3.63) is 46.0 Å². The summed E-state index contributed by atoms with van der Waals surface area (Å²) in [6.45, 7) is 4.39. The zero-order chi connectivity index (χ0) is 15.0. The molecule has 0 fully saturated rings. The summed E-state index contributed by atoms with van der Waals surface area (Å²) in [5, 5.41) is 13.8. The standard InChI is InChI=1S/C15H14ClN3OS/c1-8-5-10(6-9(2)15(8)20)7-17-13-11(16)3-4-12-14(13)19-21-18-12/h3-6,17,20H,7H2,1-2H3. The van der Waals surface area contributed by atoms with Crippen molar-refractivity contribution in [1.29, 1.82) is 0 Å². The van der Waals surface area contributed by atoms with Gasteiger partial charge in [-0.05, 0) is 42.7 Å². The molecule has 0 unspecified atom stereocenters. The highest BCUT2D eigenvalue weighted by atomic mass is 35.5. The van der Waals surface area contributed by atoms with Crippen LogP contribution in [0, 0.1) is 13.8 Å². The fourth-order valence-corrected chi connectivity index (χ4v) is 3.09. The number of nitrogens with one attached hydrogen (secondary N) is 1. The number of aromatic hydroxyl groups is 1. The second-order valence-corrected chi connectivity index (χ2v) is 5.92. The predicted molar refractivity (Wildman–Crippen MR) is 87.3 cm³/mol. The molecule has 1 heterocycles. The maximum Gasteiger partial charge on any atom is 0.129 e. The Morgan fingerprint density at radius 3 is 2.62 bits per heavy atom. The Morgan fingerprint density at radius 2 is 1.90 bits per heavy atom. The van der Waals surface area contributed by atoms with E-state index in [0.29, 0.717) is 17.3 Å². The van der Waals surface area contributed by atoms with Gasteiger partial charge in [0.1, 0.15) is 16.8 Å². The second-order valence-electron chi connectivity index (χ2n) is 4.99. The van der Waals surface area contributed by atoms with Crippen LogP contribution in [0.15, 0.2) is 24.3 Å². The van der Waals surface area contributed by atoms with Gasteiger partial charge in [0.25, 0.3) is 0 Å². The van der Waals surface area contributed by atoms with Gasteiger partial charge in [-0.25, -0.2) is 0 Å². The van der Waals surface area contributed by atoms with E-state index in [4.69, 9.17) is 11.6 Å². The van der Waals surface area contributed by atoms with Crippen LogP contribution in [0.3, 0.4) is 0 Å². The highest BCUT2D eigenvalue weighted by Crippen LogP contribution is 2.31. The van der Waals surface area contributed by atoms with Crippen LogP contribution in [0.25, 0.3) is 11.0 Å². The summed E-state index contributed by atoms with van der Waals surface area (Å²) < 4.78 is 8.50. The SMILES string of the molecule is Cc1cc(CNc2c(Cl)ccc3nsnc23)cc(C)c1O. The maximum atomic E-state index is 9.82. The third-order valence-electron chi connectivity index (χ3n) is 3.40. The number of anilines is 1. The van der Waals surface area contributed by atoms with Crippen molar-refractivity contribution in [3.63, 3.8) is 0 Å². The van der Waals surface area contributed by atoms with E-state index in [1.165, 1.54) is 11.7 Å². The number of phenols is 1. The number of aryl methyl sites for hydroxylation is 2. The third-order valence-corrected chi connectivity index (χ3v) is 4.25. The van der Waals surface area contributed by atoms with Crippen molar-refractivity contribution < 1.29 is 5.11 Å². The molecule has 0 radical (unpaired) electrons. The molecule has 108 valence electrons. The molecule has 0 saturated heterocycles. The first-order valence-corrected chi connectivity index (χ1v) is 7.61. The lowest BCUT2D eigenvalue weighted by molar-refractivity contribution is 0.466. The van der Waals surface area contributed by atoms with Gasteiger partial charge in [-0.1, -0.05) is 23.7 Å². The highest BCUT2D eigenvalue weighted by molar-refractivity contribution is 7.00. The molecule has 0 amide bonds. The van der Waals surface area contributed by atoms with Gasteiger partial charge in [0.15, 0.2) is 0 Å². The predicted octanol–water partition coefficient (Wildman–Crippen LogP) is 4.28. The summed E-state index contributed by atoms with van der Waals surface area (Å²) in [6, 6.07) is 7.60. The van der Waals surface area contributed by atoms with E-state index in [9.17, 15) is 5.11 Å². The normalized spacial score (nSPS) is 11.0. The van der Waals surface area contributed by atoms with Crippen molar-refractivity contribution in [2.24, 2.45) is 0 Å². The van der Waals surface area contributed by atoms with Gasteiger partial charge >= 0.3 is 0 Å². The average Bonchev–Trinajstić information content (AvgIpc) is 2.92. The molecular weight excluding hydrogens is 306 g/mol. The molecule has 0 spiro atoms. The molecule has 3 aromatic rings. The van der Waals surface area contributed by atoms with Gasteiger partial charge in [-0.3, -0.25) is 0 Å². The van der Waals surface area contributed by atoms with E-state index in [2.05, 4.69) is 14.1 Å². The van der Waals surface area contributed by atoms with Crippen LogP contribution in [0.1, 0.15) is 16.7 Å². The van der Waals surface area contributed by atoms with Crippen LogP contribution >= 0.6 is 23.3 Å². The van der Waals surface area contributed by atoms with E-state index in [-0.39, 0.29) is 0 Å². The molecule has 21 heavy (non-hydrogen) atoms. The summed E-state index contributed by atoms with van der Waals surface area (Å²) in [5.74, 6) is 0.350. The first-order valence-electron chi connectivity index (χ1n) is 6.50. The van der Waals surface area contributed by atoms with Crippen molar-refractivity contribution in [2.45, 2.75) is 20.4 Å². The Labute approximate surface area is 131 Å². The van der Waals surface area contributed by atoms with Gasteiger partial charge in [-0.15, -0.1) is 0 Å². The smallest absolute Gasteiger partial charge is 0.129 e. The minimum atomic E-state index is 0.350. The minimum Gasteiger partial charge on any atom is -0.507 e. The van der Waals surface area contributed by atoms with Crippen molar-refractivity contribution in [3.8, 4) is 5.75 Å². The quantitative estimate of drug-likeness (QED) is 0.756. The number of hydrogen-bond donors (Lipinski definition) is 2. The molecule has 6 heteroatoms. The molecule has 0 aliphatic carbocycles. The second kappa shape index (κ2) is 5.50. The van der Waals surface area contributed by atoms with Crippen LogP contribution in [0.5, 0.6) is 5.75 Å². The third kappa shape index (κ3) is 2.66. The molecule has 0 saturated carbocycles. The number of nitrogens with zero attached hydrogens (tertiary/aromatic N) is 2. The fraction of sp³-hybridized carbons (Fsp3) is 0.200. The average molecular weight is 320 g/mol. The Bertz CT molecular complexity index is 793. The van der Waals surface area contributed by atoms with Crippen molar-refractivity contribution >= 4 is 40.0 Å². The molecule has 1 aromatic heterocycles. The molecular formula is C15H14ClN3OS. The topological polar surface area (TPSA) is 58.0 Å². The number of rotatable bonds is 3. The number of fused-ring (bicyclic) bond motifs is 1. The largest absolute Gasteiger partial charge is 0.507 e. The molecule has 0 bridgehead atoms. The molecule has 0 atom stereocenters. The molecule has 4 nitrogen and oxygen atoms in total. The number of aromatic nitrogens is 2. The van der Waals surface area contributed by atoms with E-state index < -0.39 is 0 Å². The van der Waals surface area contributed by atoms with Crippen LogP contribution in [0.4, 0.5) is 5.69 Å². The van der Waals surface area contributed by atoms with Crippen LogP contribution < -0.4 is 5.32 Å². The van der Waals surface area contributed by atoms with E-state index in [1.54, 1.807) is 0 Å². The van der Waals surface area contributed by atoms with Crippen LogP contribution in [-0.4, -0.2) is 13.9 Å². The number of benzene rings is 2. The Kier molecular flexibility index (Phi) is 3.69. The van der Waals surface area contributed by atoms with E-state index >= 15 is 0 Å². The van der Waals surface area contributed by atoms with Gasteiger partial charge in [0, 0.05) is 6.54 Å². The number of phenolic OH excluding ortho intramolecular Hbond substituents is 1. The minimum absolute atomic E-state index is 0.350. The first-order chi connectivity index (χ1) is 10.1. The van der Waals surface area contributed by atoms with Crippen molar-refractivity contribution in [2.75, 3.05) is 5.32 Å². The van der Waals surface area contributed by atoms with Gasteiger partial charge < -0.3 is 10.4 Å². The summed E-state index contributed by atoms with van der Waals surface area (Å²) in [4.78, 5) is 0. The van der Waals surface area contributed by atoms with Crippen LogP contribution in [0.2, 0.25) is 5.02 Å². The maximum absolute atomic E-state index is 9.82. The number of hydrogen-bond acceptors (Lipinski definition) is 5. The highest BCUT2D eigenvalue weighted by Gasteiger charge is 2.10.